The van der Waals surface area contributed by atoms with Crippen molar-refractivity contribution in [2.75, 3.05) is 25.7 Å². The van der Waals surface area contributed by atoms with Gasteiger partial charge < -0.3 is 10.1 Å². The Hall–Kier alpha value is -0.220. The van der Waals surface area contributed by atoms with E-state index in [1.54, 1.807) is 0 Å². The number of rotatable bonds is 10. The van der Waals surface area contributed by atoms with E-state index < -0.39 is 5.54 Å². The summed E-state index contributed by atoms with van der Waals surface area (Å²) in [4.78, 5) is 11.6. The van der Waals surface area contributed by atoms with E-state index in [0.29, 0.717) is 0 Å². The summed E-state index contributed by atoms with van der Waals surface area (Å²) in [6.07, 6.45) is 5.78. The van der Waals surface area contributed by atoms with Gasteiger partial charge in [0.15, 0.2) is 0 Å². The van der Waals surface area contributed by atoms with Crippen molar-refractivity contribution < 1.29 is 9.53 Å². The molecule has 0 rings (SSSR count). The summed E-state index contributed by atoms with van der Waals surface area (Å²) in [6.45, 7) is 4.12. The minimum Gasteiger partial charge on any atom is -0.468 e. The van der Waals surface area contributed by atoms with Crippen LogP contribution in [0.5, 0.6) is 0 Å². The van der Waals surface area contributed by atoms with E-state index >= 15 is 0 Å². The second-order valence-corrected chi connectivity index (χ2v) is 5.72. The zero-order chi connectivity index (χ0) is 13.1. The van der Waals surface area contributed by atoms with Gasteiger partial charge in [-0.2, -0.15) is 11.8 Å². The third kappa shape index (κ3) is 6.94. The fourth-order valence-electron chi connectivity index (χ4n) is 1.64. The number of hydrogen-bond donors (Lipinski definition) is 1. The number of carbonyl (C=O) groups excluding carboxylic acids is 1. The topological polar surface area (TPSA) is 38.3 Å². The summed E-state index contributed by atoms with van der Waals surface area (Å²) >= 11 is 1.98. The number of esters is 1. The van der Waals surface area contributed by atoms with Gasteiger partial charge in [-0.05, 0) is 44.7 Å². The molecule has 0 saturated carbocycles. The van der Waals surface area contributed by atoms with E-state index in [4.69, 9.17) is 4.74 Å². The second-order valence-electron chi connectivity index (χ2n) is 4.50. The first-order valence-electron chi connectivity index (χ1n) is 6.45. The molecule has 0 aliphatic heterocycles. The minimum absolute atomic E-state index is 0.170. The molecule has 0 heterocycles. The van der Waals surface area contributed by atoms with Crippen molar-refractivity contribution in [2.24, 2.45) is 0 Å². The van der Waals surface area contributed by atoms with Gasteiger partial charge in [0.1, 0.15) is 5.54 Å². The first-order valence-corrected chi connectivity index (χ1v) is 7.61. The van der Waals surface area contributed by atoms with E-state index in [0.717, 1.165) is 18.6 Å². The highest BCUT2D eigenvalue weighted by Gasteiger charge is 2.31. The van der Waals surface area contributed by atoms with E-state index in [9.17, 15) is 4.79 Å². The quantitative estimate of drug-likeness (QED) is 0.485. The molecule has 0 amide bonds. The van der Waals surface area contributed by atoms with Gasteiger partial charge in [-0.3, -0.25) is 4.79 Å². The highest BCUT2D eigenvalue weighted by atomic mass is 32.2. The van der Waals surface area contributed by atoms with Gasteiger partial charge in [-0.25, -0.2) is 0 Å². The van der Waals surface area contributed by atoms with Crippen LogP contribution in [-0.4, -0.2) is 37.2 Å². The highest BCUT2D eigenvalue weighted by Crippen LogP contribution is 2.17. The van der Waals surface area contributed by atoms with Crippen molar-refractivity contribution in [3.63, 3.8) is 0 Å². The van der Waals surface area contributed by atoms with Crippen molar-refractivity contribution in [1.82, 2.24) is 5.32 Å². The molecule has 4 heteroatoms. The monoisotopic (exact) mass is 261 g/mol. The van der Waals surface area contributed by atoms with Crippen molar-refractivity contribution in [1.29, 1.82) is 0 Å². The predicted octanol–water partition coefficient (Wildman–Crippen LogP) is 2.84. The largest absolute Gasteiger partial charge is 0.468 e. The third-order valence-electron chi connectivity index (χ3n) is 3.05. The van der Waals surface area contributed by atoms with Gasteiger partial charge in [-0.1, -0.05) is 19.8 Å². The lowest BCUT2D eigenvalue weighted by atomic mass is 9.97. The van der Waals surface area contributed by atoms with Crippen LogP contribution in [0.25, 0.3) is 0 Å². The molecular formula is C13H27NO2S. The molecule has 0 saturated heterocycles. The van der Waals surface area contributed by atoms with E-state index in [-0.39, 0.29) is 5.97 Å². The van der Waals surface area contributed by atoms with Gasteiger partial charge in [-0.15, -0.1) is 0 Å². The zero-order valence-corrected chi connectivity index (χ0v) is 12.5. The number of methoxy groups -OCH3 is 1. The Morgan fingerprint density at radius 3 is 2.47 bits per heavy atom. The Labute approximate surface area is 110 Å². The van der Waals surface area contributed by atoms with Crippen molar-refractivity contribution in [3.05, 3.63) is 0 Å². The summed E-state index contributed by atoms with van der Waals surface area (Å²) < 4.78 is 4.81. The summed E-state index contributed by atoms with van der Waals surface area (Å²) in [5, 5.41) is 3.06. The Morgan fingerprint density at radius 2 is 1.94 bits per heavy atom. The maximum Gasteiger partial charge on any atom is 0.325 e. The molecule has 0 radical (unpaired) electrons. The lowest BCUT2D eigenvalue weighted by Gasteiger charge is -2.25. The molecule has 0 aromatic heterocycles. The van der Waals surface area contributed by atoms with Gasteiger partial charge in [0.25, 0.3) is 0 Å². The molecule has 0 aromatic carbocycles. The fraction of sp³-hybridized carbons (Fsp3) is 0.923. The smallest absolute Gasteiger partial charge is 0.325 e. The van der Waals surface area contributed by atoms with Crippen LogP contribution in [0, 0.1) is 0 Å². The van der Waals surface area contributed by atoms with Crippen LogP contribution in [0.3, 0.4) is 0 Å². The van der Waals surface area contributed by atoms with E-state index in [2.05, 4.69) is 12.2 Å². The Morgan fingerprint density at radius 1 is 1.29 bits per heavy atom. The van der Waals surface area contributed by atoms with E-state index in [1.807, 2.05) is 25.7 Å². The molecule has 0 aliphatic rings. The highest BCUT2D eigenvalue weighted by molar-refractivity contribution is 7.99. The van der Waals surface area contributed by atoms with Crippen LogP contribution in [-0.2, 0) is 9.53 Å². The zero-order valence-electron chi connectivity index (χ0n) is 11.7. The first kappa shape index (κ1) is 16.8. The Balaban J connectivity index is 3.67. The lowest BCUT2D eigenvalue weighted by Crippen LogP contribution is -2.48. The van der Waals surface area contributed by atoms with Crippen LogP contribution in [0.1, 0.15) is 46.0 Å². The maximum absolute atomic E-state index is 11.6. The van der Waals surface area contributed by atoms with Gasteiger partial charge >= 0.3 is 5.97 Å². The first-order chi connectivity index (χ1) is 8.10. The summed E-state index contributed by atoms with van der Waals surface area (Å²) in [7, 11) is 3.25. The Bertz CT molecular complexity index is 212. The summed E-state index contributed by atoms with van der Waals surface area (Å²) in [6, 6.07) is 0. The fourth-order valence-corrected chi connectivity index (χ4v) is 2.60. The average molecular weight is 261 g/mol. The molecule has 0 aromatic rings. The number of likely N-dealkylation sites (N-methyl/N-ethyl adjacent to an activating group) is 1. The van der Waals surface area contributed by atoms with Crippen LogP contribution in [0.4, 0.5) is 0 Å². The number of carbonyl (C=O) groups is 1. The molecule has 0 bridgehead atoms. The van der Waals surface area contributed by atoms with Crippen molar-refractivity contribution >= 4 is 17.7 Å². The van der Waals surface area contributed by atoms with Crippen LogP contribution < -0.4 is 5.32 Å². The van der Waals surface area contributed by atoms with E-state index in [1.165, 1.54) is 32.1 Å². The van der Waals surface area contributed by atoms with Crippen molar-refractivity contribution in [3.8, 4) is 0 Å². The second kappa shape index (κ2) is 9.77. The van der Waals surface area contributed by atoms with Crippen molar-refractivity contribution in [2.45, 2.75) is 51.5 Å². The van der Waals surface area contributed by atoms with Gasteiger partial charge in [0.05, 0.1) is 7.11 Å². The minimum atomic E-state index is -0.529. The standard InChI is InChI=1S/C13H27NO2S/c1-5-6-7-10-17-11-8-9-13(2,14-3)12(15)16-4/h14H,5-11H2,1-4H3. The molecule has 1 N–H and O–H groups in total. The molecule has 1 unspecified atom stereocenters. The van der Waals surface area contributed by atoms with Crippen LogP contribution >= 0.6 is 11.8 Å². The number of nitrogens with one attached hydrogen (secondary N) is 1. The number of hydrogen-bond acceptors (Lipinski definition) is 4. The number of unbranched alkanes of at least 4 members (excludes halogenated alkanes) is 2. The normalized spacial score (nSPS) is 14.4. The molecule has 0 fully saturated rings. The average Bonchev–Trinajstić information content (AvgIpc) is 2.36. The number of ether oxygens (including phenoxy) is 1. The third-order valence-corrected chi connectivity index (χ3v) is 4.20. The summed E-state index contributed by atoms with van der Waals surface area (Å²) in [5.41, 5.74) is -0.529. The molecule has 3 nitrogen and oxygen atoms in total. The SMILES string of the molecule is CCCCCSCCCC(C)(NC)C(=O)OC. The molecular weight excluding hydrogens is 234 g/mol. The van der Waals surface area contributed by atoms with Crippen LogP contribution in [0.2, 0.25) is 0 Å². The van der Waals surface area contributed by atoms with Gasteiger partial charge in [0.2, 0.25) is 0 Å². The van der Waals surface area contributed by atoms with Gasteiger partial charge in [0, 0.05) is 0 Å². The van der Waals surface area contributed by atoms with Crippen LogP contribution in [0.15, 0.2) is 0 Å². The number of thioether (sulfide) groups is 1. The molecule has 0 aliphatic carbocycles. The molecule has 102 valence electrons. The Kier molecular flexibility index (Phi) is 9.65. The lowest BCUT2D eigenvalue weighted by molar-refractivity contribution is -0.148. The molecule has 0 spiro atoms. The predicted molar refractivity (Wildman–Crippen MR) is 75.6 cm³/mol. The molecule has 17 heavy (non-hydrogen) atoms. The summed E-state index contributed by atoms with van der Waals surface area (Å²) in [5.74, 6) is 2.19. The molecule has 1 atom stereocenters. The maximum atomic E-state index is 11.6.